The number of imide groups is 2. The highest BCUT2D eigenvalue weighted by atomic mass is 16.5. The quantitative estimate of drug-likeness (QED) is 0.792. The summed E-state index contributed by atoms with van der Waals surface area (Å²) >= 11 is 0. The Bertz CT molecular complexity index is 436. The van der Waals surface area contributed by atoms with Crippen LogP contribution >= 0.6 is 0 Å². The van der Waals surface area contributed by atoms with Gasteiger partial charge < -0.3 is 4.74 Å². The summed E-state index contributed by atoms with van der Waals surface area (Å²) in [6.45, 7) is 6.33. The van der Waals surface area contributed by atoms with Crippen molar-refractivity contribution in [3.05, 3.63) is 0 Å². The van der Waals surface area contributed by atoms with E-state index in [0.29, 0.717) is 19.4 Å². The third-order valence-corrected chi connectivity index (χ3v) is 4.55. The highest BCUT2D eigenvalue weighted by molar-refractivity contribution is 6.19. The van der Waals surface area contributed by atoms with Crippen LogP contribution in [0.15, 0.2) is 0 Å². The van der Waals surface area contributed by atoms with Crippen molar-refractivity contribution in [3.63, 3.8) is 0 Å². The largest absolute Gasteiger partial charge is 0.373 e. The van der Waals surface area contributed by atoms with Crippen LogP contribution in [0.4, 0.5) is 4.79 Å². The van der Waals surface area contributed by atoms with Crippen LogP contribution < -0.4 is 5.32 Å². The summed E-state index contributed by atoms with van der Waals surface area (Å²) in [7, 11) is 0. The van der Waals surface area contributed by atoms with Gasteiger partial charge >= 0.3 is 6.03 Å². The van der Waals surface area contributed by atoms with E-state index in [4.69, 9.17) is 4.74 Å². The number of rotatable bonds is 4. The predicted molar refractivity (Wildman–Crippen MR) is 71.9 cm³/mol. The van der Waals surface area contributed by atoms with Crippen LogP contribution in [-0.2, 0) is 14.3 Å². The van der Waals surface area contributed by atoms with Crippen LogP contribution in [0.2, 0.25) is 0 Å². The van der Waals surface area contributed by atoms with Gasteiger partial charge in [0, 0.05) is 6.61 Å². The molecule has 0 aromatic heterocycles. The van der Waals surface area contributed by atoms with Crippen LogP contribution in [0.3, 0.4) is 0 Å². The van der Waals surface area contributed by atoms with Gasteiger partial charge in [-0.3, -0.25) is 19.8 Å². The van der Waals surface area contributed by atoms with E-state index in [9.17, 15) is 14.4 Å². The van der Waals surface area contributed by atoms with Crippen molar-refractivity contribution < 1.29 is 19.1 Å². The fourth-order valence-corrected chi connectivity index (χ4v) is 3.05. The van der Waals surface area contributed by atoms with Gasteiger partial charge in [0.2, 0.25) is 11.8 Å². The van der Waals surface area contributed by atoms with E-state index in [0.717, 1.165) is 17.7 Å². The molecule has 0 spiro atoms. The molecule has 6 heteroatoms. The molecule has 6 nitrogen and oxygen atoms in total. The fourth-order valence-electron chi connectivity index (χ4n) is 3.05. The zero-order chi connectivity index (χ0) is 15.0. The number of barbiturate groups is 1. The third-order valence-electron chi connectivity index (χ3n) is 4.55. The van der Waals surface area contributed by atoms with E-state index < -0.39 is 28.9 Å². The third kappa shape index (κ3) is 2.22. The predicted octanol–water partition coefficient (Wildman–Crippen LogP) is 1.44. The number of amides is 4. The van der Waals surface area contributed by atoms with Crippen molar-refractivity contribution in [1.29, 1.82) is 0 Å². The van der Waals surface area contributed by atoms with Crippen LogP contribution in [-0.4, -0.2) is 41.5 Å². The zero-order valence-corrected chi connectivity index (χ0v) is 12.3. The summed E-state index contributed by atoms with van der Waals surface area (Å²) in [6, 6.07) is -0.630. The number of ether oxygens (including phenoxy) is 1. The second-order valence-corrected chi connectivity index (χ2v) is 5.84. The lowest BCUT2D eigenvalue weighted by Gasteiger charge is -2.40. The Morgan fingerprint density at radius 3 is 2.40 bits per heavy atom. The Morgan fingerprint density at radius 1 is 1.25 bits per heavy atom. The maximum atomic E-state index is 12.6. The first-order valence-electron chi connectivity index (χ1n) is 7.20. The van der Waals surface area contributed by atoms with Crippen LogP contribution in [0.5, 0.6) is 0 Å². The first-order chi connectivity index (χ1) is 9.38. The van der Waals surface area contributed by atoms with E-state index >= 15 is 0 Å². The van der Waals surface area contributed by atoms with Gasteiger partial charge in [-0.2, -0.15) is 0 Å². The molecule has 0 radical (unpaired) electrons. The second-order valence-electron chi connectivity index (χ2n) is 5.84. The molecule has 20 heavy (non-hydrogen) atoms. The minimum absolute atomic E-state index is 0.201. The molecule has 0 saturated carbocycles. The SMILES string of the molecule is CCC1(CC)C(=O)NC(=O)N(CC2(C)CCCO2)C1=O. The molecule has 2 aliphatic heterocycles. The lowest BCUT2D eigenvalue weighted by molar-refractivity contribution is -0.154. The minimum atomic E-state index is -1.12. The molecule has 0 aliphatic carbocycles. The van der Waals surface area contributed by atoms with Gasteiger partial charge in [-0.1, -0.05) is 13.8 Å². The molecule has 1 unspecified atom stereocenters. The Kier molecular flexibility index (Phi) is 3.86. The first kappa shape index (κ1) is 15.0. The summed E-state index contributed by atoms with van der Waals surface area (Å²) < 4.78 is 5.64. The molecule has 0 aromatic carbocycles. The molecule has 2 rings (SSSR count). The molecule has 0 aromatic rings. The maximum absolute atomic E-state index is 12.6. The lowest BCUT2D eigenvalue weighted by atomic mass is 9.78. The number of nitrogens with zero attached hydrogens (tertiary/aromatic N) is 1. The molecule has 1 N–H and O–H groups in total. The summed E-state index contributed by atoms with van der Waals surface area (Å²) in [5, 5.41) is 2.32. The van der Waals surface area contributed by atoms with Crippen molar-refractivity contribution in [2.75, 3.05) is 13.2 Å². The van der Waals surface area contributed by atoms with E-state index in [2.05, 4.69) is 5.32 Å². The monoisotopic (exact) mass is 282 g/mol. The minimum Gasteiger partial charge on any atom is -0.373 e. The standard InChI is InChI=1S/C14H22N2O4/c1-4-14(5-2)10(17)15-12(19)16(11(14)18)9-13(3)7-6-8-20-13/h4-9H2,1-3H3,(H,15,17,19). The van der Waals surface area contributed by atoms with E-state index in [1.54, 1.807) is 13.8 Å². The molecule has 0 bridgehead atoms. The summed E-state index contributed by atoms with van der Waals surface area (Å²) in [5.74, 6) is -0.876. The molecule has 2 saturated heterocycles. The van der Waals surface area contributed by atoms with Gasteiger partial charge in [0.15, 0.2) is 0 Å². The summed E-state index contributed by atoms with van der Waals surface area (Å²) in [5.41, 5.74) is -1.62. The Morgan fingerprint density at radius 2 is 1.90 bits per heavy atom. The second kappa shape index (κ2) is 5.16. The molecule has 4 amide bonds. The van der Waals surface area contributed by atoms with Gasteiger partial charge in [-0.25, -0.2) is 4.79 Å². The number of carbonyl (C=O) groups is 3. The van der Waals surface area contributed by atoms with Crippen LogP contribution in [0, 0.1) is 5.41 Å². The van der Waals surface area contributed by atoms with Crippen LogP contribution in [0.1, 0.15) is 46.5 Å². The molecule has 112 valence electrons. The highest BCUT2D eigenvalue weighted by Gasteiger charge is 2.52. The van der Waals surface area contributed by atoms with E-state index in [1.165, 1.54) is 0 Å². The average Bonchev–Trinajstić information content (AvgIpc) is 2.83. The van der Waals surface area contributed by atoms with Crippen molar-refractivity contribution in [1.82, 2.24) is 10.2 Å². The molecule has 2 fully saturated rings. The Labute approximate surface area is 118 Å². The molecule has 1 atom stereocenters. The van der Waals surface area contributed by atoms with Gasteiger partial charge in [-0.15, -0.1) is 0 Å². The number of urea groups is 1. The van der Waals surface area contributed by atoms with Gasteiger partial charge in [0.05, 0.1) is 12.1 Å². The highest BCUT2D eigenvalue weighted by Crippen LogP contribution is 2.34. The van der Waals surface area contributed by atoms with Crippen molar-refractivity contribution in [2.24, 2.45) is 5.41 Å². The van der Waals surface area contributed by atoms with E-state index in [-0.39, 0.29) is 6.54 Å². The first-order valence-corrected chi connectivity index (χ1v) is 7.20. The summed E-state index contributed by atoms with van der Waals surface area (Å²) in [4.78, 5) is 37.8. The van der Waals surface area contributed by atoms with Crippen LogP contribution in [0.25, 0.3) is 0 Å². The number of hydrogen-bond donors (Lipinski definition) is 1. The fraction of sp³-hybridized carbons (Fsp3) is 0.786. The molecular weight excluding hydrogens is 260 g/mol. The summed E-state index contributed by atoms with van der Waals surface area (Å²) in [6.07, 6.45) is 2.50. The smallest absolute Gasteiger partial charge is 0.330 e. The van der Waals surface area contributed by atoms with Crippen molar-refractivity contribution in [3.8, 4) is 0 Å². The topological polar surface area (TPSA) is 75.7 Å². The normalized spacial score (nSPS) is 29.8. The molecule has 2 heterocycles. The number of nitrogens with one attached hydrogen (secondary N) is 1. The van der Waals surface area contributed by atoms with Gasteiger partial charge in [0.25, 0.3) is 0 Å². The van der Waals surface area contributed by atoms with Gasteiger partial charge in [-0.05, 0) is 32.6 Å². The van der Waals surface area contributed by atoms with Crippen molar-refractivity contribution >= 4 is 17.8 Å². The maximum Gasteiger partial charge on any atom is 0.330 e. The lowest BCUT2D eigenvalue weighted by Crippen LogP contribution is -2.65. The number of hydrogen-bond acceptors (Lipinski definition) is 4. The Balaban J connectivity index is 2.25. The van der Waals surface area contributed by atoms with E-state index in [1.807, 2.05) is 6.92 Å². The number of carbonyl (C=O) groups excluding carboxylic acids is 3. The zero-order valence-electron chi connectivity index (χ0n) is 12.3. The average molecular weight is 282 g/mol. The van der Waals surface area contributed by atoms with Gasteiger partial charge in [0.1, 0.15) is 5.41 Å². The Hall–Kier alpha value is -1.43. The molecule has 2 aliphatic rings. The molecular formula is C14H22N2O4. The van der Waals surface area contributed by atoms with Crippen molar-refractivity contribution in [2.45, 2.75) is 52.1 Å².